The van der Waals surface area contributed by atoms with Crippen LogP contribution < -0.4 is 0 Å². The second-order valence-corrected chi connectivity index (χ2v) is 6.22. The fraction of sp³-hybridized carbons (Fsp3) is 0.933. The van der Waals surface area contributed by atoms with Crippen LogP contribution in [0.5, 0.6) is 0 Å². The molecule has 92 valence electrons. The highest BCUT2D eigenvalue weighted by Crippen LogP contribution is 2.56. The van der Waals surface area contributed by atoms with Gasteiger partial charge in [-0.1, -0.05) is 20.3 Å². The molecule has 0 heterocycles. The molecule has 2 fully saturated rings. The zero-order valence-electron chi connectivity index (χ0n) is 10.9. The maximum atomic E-state index is 11.4. The van der Waals surface area contributed by atoms with E-state index < -0.39 is 0 Å². The lowest BCUT2D eigenvalue weighted by atomic mass is 9.53. The molecule has 2 rings (SSSR count). The van der Waals surface area contributed by atoms with E-state index in [0.717, 1.165) is 24.7 Å². The first-order valence-electron chi connectivity index (χ1n) is 7.19. The fourth-order valence-electron chi connectivity index (χ4n) is 3.88. The summed E-state index contributed by atoms with van der Waals surface area (Å²) in [4.78, 5) is 11.4. The summed E-state index contributed by atoms with van der Waals surface area (Å²) in [6, 6.07) is 0. The number of carbonyl (C=O) groups is 1. The second kappa shape index (κ2) is 4.89. The largest absolute Gasteiger partial charge is 0.300 e. The zero-order valence-corrected chi connectivity index (χ0v) is 10.9. The average Bonchev–Trinajstić information content (AvgIpc) is 2.27. The van der Waals surface area contributed by atoms with Crippen LogP contribution in [0.4, 0.5) is 0 Å². The summed E-state index contributed by atoms with van der Waals surface area (Å²) in [6.45, 7) is 4.31. The van der Waals surface area contributed by atoms with E-state index in [1.807, 2.05) is 6.92 Å². The van der Waals surface area contributed by atoms with Gasteiger partial charge in [0.1, 0.15) is 5.78 Å². The van der Waals surface area contributed by atoms with Crippen LogP contribution in [-0.4, -0.2) is 5.78 Å². The van der Waals surface area contributed by atoms with E-state index in [4.69, 9.17) is 0 Å². The monoisotopic (exact) mass is 222 g/mol. The van der Waals surface area contributed by atoms with Crippen molar-refractivity contribution in [2.45, 2.75) is 71.6 Å². The highest BCUT2D eigenvalue weighted by atomic mass is 16.1. The maximum Gasteiger partial charge on any atom is 0.132 e. The van der Waals surface area contributed by atoms with E-state index in [0.29, 0.717) is 11.2 Å². The minimum Gasteiger partial charge on any atom is -0.300 e. The van der Waals surface area contributed by atoms with Gasteiger partial charge in [0.05, 0.1) is 0 Å². The molecule has 0 radical (unpaired) electrons. The minimum atomic E-state index is 0.474. The van der Waals surface area contributed by atoms with Crippen LogP contribution in [0.2, 0.25) is 0 Å². The van der Waals surface area contributed by atoms with E-state index in [-0.39, 0.29) is 0 Å². The van der Waals surface area contributed by atoms with Crippen LogP contribution in [0.25, 0.3) is 0 Å². The first-order valence-corrected chi connectivity index (χ1v) is 7.19. The van der Waals surface area contributed by atoms with E-state index in [9.17, 15) is 4.79 Å². The second-order valence-electron chi connectivity index (χ2n) is 6.22. The summed E-state index contributed by atoms with van der Waals surface area (Å²) < 4.78 is 0. The highest BCUT2D eigenvalue weighted by molar-refractivity contribution is 5.78. The van der Waals surface area contributed by atoms with Crippen LogP contribution in [0.3, 0.4) is 0 Å². The smallest absolute Gasteiger partial charge is 0.132 e. The fourth-order valence-corrected chi connectivity index (χ4v) is 3.88. The van der Waals surface area contributed by atoms with Gasteiger partial charge in [-0.15, -0.1) is 0 Å². The van der Waals surface area contributed by atoms with Crippen molar-refractivity contribution >= 4 is 5.78 Å². The van der Waals surface area contributed by atoms with Crippen LogP contribution in [0, 0.1) is 17.3 Å². The molecule has 0 atom stereocenters. The Morgan fingerprint density at radius 1 is 1.12 bits per heavy atom. The Kier molecular flexibility index (Phi) is 3.71. The average molecular weight is 222 g/mol. The van der Waals surface area contributed by atoms with Gasteiger partial charge in [-0.2, -0.15) is 0 Å². The molecular weight excluding hydrogens is 196 g/mol. The topological polar surface area (TPSA) is 17.1 Å². The summed E-state index contributed by atoms with van der Waals surface area (Å²) in [5.74, 6) is 2.22. The third-order valence-corrected chi connectivity index (χ3v) is 5.10. The van der Waals surface area contributed by atoms with Gasteiger partial charge < -0.3 is 0 Å². The van der Waals surface area contributed by atoms with Gasteiger partial charge in [0.2, 0.25) is 0 Å². The number of Topliss-reactive ketones (excluding diaryl/α,β-unsaturated/α-hetero) is 1. The Bertz CT molecular complexity index is 240. The third kappa shape index (κ3) is 2.49. The molecule has 16 heavy (non-hydrogen) atoms. The first kappa shape index (κ1) is 12.1. The molecule has 0 N–H and O–H groups in total. The third-order valence-electron chi connectivity index (χ3n) is 5.10. The van der Waals surface area contributed by atoms with Crippen molar-refractivity contribution in [2.75, 3.05) is 0 Å². The van der Waals surface area contributed by atoms with Crippen molar-refractivity contribution in [2.24, 2.45) is 17.3 Å². The first-order chi connectivity index (χ1) is 7.67. The van der Waals surface area contributed by atoms with E-state index in [2.05, 4.69) is 6.92 Å². The van der Waals surface area contributed by atoms with Gasteiger partial charge in [0, 0.05) is 12.8 Å². The number of rotatable bonds is 4. The van der Waals surface area contributed by atoms with E-state index in [1.54, 1.807) is 0 Å². The molecule has 0 aliphatic heterocycles. The van der Waals surface area contributed by atoms with Crippen molar-refractivity contribution in [3.63, 3.8) is 0 Å². The number of hydrogen-bond donors (Lipinski definition) is 0. The van der Waals surface area contributed by atoms with Gasteiger partial charge in [-0.25, -0.2) is 0 Å². The lowest BCUT2D eigenvalue weighted by molar-refractivity contribution is -0.122. The maximum absolute atomic E-state index is 11.4. The van der Waals surface area contributed by atoms with Gasteiger partial charge in [0.25, 0.3) is 0 Å². The molecule has 0 amide bonds. The van der Waals surface area contributed by atoms with Crippen molar-refractivity contribution in [1.82, 2.24) is 0 Å². The van der Waals surface area contributed by atoms with Crippen LogP contribution >= 0.6 is 0 Å². The molecule has 2 aliphatic rings. The summed E-state index contributed by atoms with van der Waals surface area (Å²) in [5, 5.41) is 0. The normalized spacial score (nSPS) is 38.4. The quantitative estimate of drug-likeness (QED) is 0.691. The molecule has 0 aromatic carbocycles. The summed E-state index contributed by atoms with van der Waals surface area (Å²) in [5.41, 5.74) is 0.685. The molecule has 1 spiro atoms. The molecule has 0 unspecified atom stereocenters. The molecule has 0 bridgehead atoms. The van der Waals surface area contributed by atoms with Gasteiger partial charge in [-0.05, 0) is 55.8 Å². The molecular formula is C15H26O. The molecule has 1 nitrogen and oxygen atoms in total. The number of ketones is 1. The molecule has 1 heteroatoms. The molecule has 0 aromatic heterocycles. The summed E-state index contributed by atoms with van der Waals surface area (Å²) in [7, 11) is 0. The Balaban J connectivity index is 1.73. The lowest BCUT2D eigenvalue weighted by Gasteiger charge is -2.51. The number of carbonyl (C=O) groups excluding carboxylic acids is 1. The molecule has 2 saturated carbocycles. The Morgan fingerprint density at radius 3 is 2.25 bits per heavy atom. The van der Waals surface area contributed by atoms with Gasteiger partial charge >= 0.3 is 0 Å². The summed E-state index contributed by atoms with van der Waals surface area (Å²) in [6.07, 6.45) is 11.5. The Hall–Kier alpha value is -0.330. The van der Waals surface area contributed by atoms with Crippen molar-refractivity contribution in [1.29, 1.82) is 0 Å². The van der Waals surface area contributed by atoms with E-state index in [1.165, 1.54) is 44.9 Å². The Morgan fingerprint density at radius 2 is 1.75 bits per heavy atom. The van der Waals surface area contributed by atoms with Crippen molar-refractivity contribution < 1.29 is 4.79 Å². The molecule has 2 aliphatic carbocycles. The zero-order chi connectivity index (χ0) is 11.6. The highest BCUT2D eigenvalue weighted by Gasteiger charge is 2.45. The molecule has 0 saturated heterocycles. The Labute approximate surface area is 100.0 Å². The van der Waals surface area contributed by atoms with Crippen LogP contribution in [0.15, 0.2) is 0 Å². The summed E-state index contributed by atoms with van der Waals surface area (Å²) >= 11 is 0. The van der Waals surface area contributed by atoms with Crippen LogP contribution in [-0.2, 0) is 4.79 Å². The predicted octanol–water partition coefficient (Wildman–Crippen LogP) is 4.35. The van der Waals surface area contributed by atoms with E-state index >= 15 is 0 Å². The number of hydrogen-bond acceptors (Lipinski definition) is 1. The lowest BCUT2D eigenvalue weighted by Crippen LogP contribution is -2.41. The van der Waals surface area contributed by atoms with Gasteiger partial charge in [-0.3, -0.25) is 4.79 Å². The SMILES string of the molecule is CCC(=O)CC1CC2(CCC(CC)CC2)C1. The standard InChI is InChI=1S/C15H26O/c1-3-12-5-7-15(8-6-12)10-13(11-15)9-14(16)4-2/h12-13H,3-11H2,1-2H3. The predicted molar refractivity (Wildman–Crippen MR) is 67.3 cm³/mol. The van der Waals surface area contributed by atoms with Crippen molar-refractivity contribution in [3.05, 3.63) is 0 Å². The van der Waals surface area contributed by atoms with Crippen molar-refractivity contribution in [3.8, 4) is 0 Å². The van der Waals surface area contributed by atoms with Crippen LogP contribution in [0.1, 0.15) is 71.6 Å². The minimum absolute atomic E-state index is 0.474. The molecule has 0 aromatic rings. The van der Waals surface area contributed by atoms with Gasteiger partial charge in [0.15, 0.2) is 0 Å².